The molecular weight excluding hydrogens is 280 g/mol. The van der Waals surface area contributed by atoms with E-state index >= 15 is 0 Å². The van der Waals surface area contributed by atoms with Crippen molar-refractivity contribution in [2.24, 2.45) is 0 Å². The molecule has 0 aliphatic heterocycles. The highest BCUT2D eigenvalue weighted by Gasteiger charge is 2.17. The number of nitrogens with zero attached hydrogens (tertiary/aromatic N) is 2. The van der Waals surface area contributed by atoms with Crippen LogP contribution in [0.1, 0.15) is 0 Å². The second-order valence-corrected chi connectivity index (χ2v) is 4.67. The zero-order valence-corrected chi connectivity index (χ0v) is 10.9. The van der Waals surface area contributed by atoms with Crippen LogP contribution >= 0.6 is 11.6 Å². The molecule has 1 aromatic heterocycles. The lowest BCUT2D eigenvalue weighted by Crippen LogP contribution is -1.91. The van der Waals surface area contributed by atoms with Gasteiger partial charge in [-0.15, -0.1) is 0 Å². The van der Waals surface area contributed by atoms with Crippen LogP contribution in [0, 0.1) is 10.1 Å². The van der Waals surface area contributed by atoms with Crippen molar-refractivity contribution in [3.63, 3.8) is 0 Å². The van der Waals surface area contributed by atoms with Crippen LogP contribution in [0.25, 0.3) is 22.2 Å². The topological polar surface area (TPSA) is 97.8 Å². The number of hydrogen-bond acceptors (Lipinski definition) is 4. The summed E-state index contributed by atoms with van der Waals surface area (Å²) in [5.41, 5.74) is 8.28. The summed E-state index contributed by atoms with van der Waals surface area (Å²) < 4.78 is 0. The van der Waals surface area contributed by atoms with Crippen molar-refractivity contribution >= 4 is 33.9 Å². The predicted octanol–water partition coefficient (Wildman–Crippen LogP) is 3.37. The number of anilines is 1. The summed E-state index contributed by atoms with van der Waals surface area (Å²) >= 11 is 5.81. The van der Waals surface area contributed by atoms with E-state index in [1.807, 2.05) is 12.1 Å². The van der Waals surface area contributed by atoms with E-state index in [2.05, 4.69) is 10.2 Å². The first-order chi connectivity index (χ1) is 9.58. The number of nitro groups is 1. The van der Waals surface area contributed by atoms with Gasteiger partial charge in [-0.25, -0.2) is 0 Å². The van der Waals surface area contributed by atoms with Crippen LogP contribution in [-0.2, 0) is 0 Å². The Morgan fingerprint density at radius 1 is 1.30 bits per heavy atom. The van der Waals surface area contributed by atoms with Crippen molar-refractivity contribution in [1.82, 2.24) is 10.2 Å². The average Bonchev–Trinajstić information content (AvgIpc) is 2.84. The zero-order chi connectivity index (χ0) is 14.3. The van der Waals surface area contributed by atoms with Gasteiger partial charge in [0, 0.05) is 17.3 Å². The maximum Gasteiger partial charge on any atom is 0.288 e. The van der Waals surface area contributed by atoms with Gasteiger partial charge in [-0.05, 0) is 18.2 Å². The minimum atomic E-state index is -0.524. The molecule has 2 aromatic carbocycles. The lowest BCUT2D eigenvalue weighted by molar-refractivity contribution is -0.384. The highest BCUT2D eigenvalue weighted by molar-refractivity contribution is 6.32. The fraction of sp³-hybridized carbons (Fsp3) is 0. The molecule has 3 rings (SSSR count). The SMILES string of the molecule is Nc1cccc2[nH]nc(-c3ccc(Cl)c([N+](=O)[O-])c3)c12. The van der Waals surface area contributed by atoms with Crippen molar-refractivity contribution in [3.05, 3.63) is 51.5 Å². The quantitative estimate of drug-likeness (QED) is 0.429. The molecule has 100 valence electrons. The Morgan fingerprint density at radius 3 is 2.85 bits per heavy atom. The van der Waals surface area contributed by atoms with Gasteiger partial charge in [0.2, 0.25) is 0 Å². The standard InChI is InChI=1S/C13H9ClN4O2/c14-8-5-4-7(6-11(8)18(19)20)13-12-9(15)2-1-3-10(12)16-17-13/h1-6H,15H2,(H,16,17). The lowest BCUT2D eigenvalue weighted by Gasteiger charge is -2.02. The number of nitrogens with one attached hydrogen (secondary N) is 1. The van der Waals surface area contributed by atoms with Gasteiger partial charge in [0.05, 0.1) is 15.8 Å². The maximum atomic E-state index is 10.9. The molecule has 1 heterocycles. The van der Waals surface area contributed by atoms with Crippen molar-refractivity contribution < 1.29 is 4.92 Å². The fourth-order valence-corrected chi connectivity index (χ4v) is 2.29. The summed E-state index contributed by atoms with van der Waals surface area (Å²) in [5.74, 6) is 0. The summed E-state index contributed by atoms with van der Waals surface area (Å²) in [6, 6.07) is 9.96. The number of nitrogens with two attached hydrogens (primary N) is 1. The van der Waals surface area contributed by atoms with Gasteiger partial charge in [0.25, 0.3) is 5.69 Å². The third-order valence-electron chi connectivity index (χ3n) is 3.04. The molecule has 0 radical (unpaired) electrons. The van der Waals surface area contributed by atoms with Crippen LogP contribution in [0.15, 0.2) is 36.4 Å². The third-order valence-corrected chi connectivity index (χ3v) is 3.36. The molecular formula is C13H9ClN4O2. The van der Waals surface area contributed by atoms with E-state index in [1.54, 1.807) is 12.1 Å². The predicted molar refractivity (Wildman–Crippen MR) is 77.6 cm³/mol. The molecule has 0 fully saturated rings. The molecule has 0 bridgehead atoms. The second kappa shape index (κ2) is 4.50. The van der Waals surface area contributed by atoms with Gasteiger partial charge in [-0.1, -0.05) is 23.7 Å². The van der Waals surface area contributed by atoms with Crippen LogP contribution in [0.2, 0.25) is 5.02 Å². The monoisotopic (exact) mass is 288 g/mol. The lowest BCUT2D eigenvalue weighted by atomic mass is 10.1. The maximum absolute atomic E-state index is 10.9. The Morgan fingerprint density at radius 2 is 2.10 bits per heavy atom. The summed E-state index contributed by atoms with van der Waals surface area (Å²) in [6.07, 6.45) is 0. The largest absolute Gasteiger partial charge is 0.398 e. The van der Waals surface area contributed by atoms with E-state index in [4.69, 9.17) is 17.3 Å². The van der Waals surface area contributed by atoms with Crippen LogP contribution in [0.3, 0.4) is 0 Å². The van der Waals surface area contributed by atoms with E-state index in [9.17, 15) is 10.1 Å². The molecule has 0 aliphatic carbocycles. The minimum absolute atomic E-state index is 0.0894. The fourth-order valence-electron chi connectivity index (χ4n) is 2.11. The Kier molecular flexibility index (Phi) is 2.80. The summed E-state index contributed by atoms with van der Waals surface area (Å²) in [5, 5.41) is 18.8. The first-order valence-corrected chi connectivity index (χ1v) is 6.12. The van der Waals surface area contributed by atoms with E-state index in [1.165, 1.54) is 12.1 Å². The Bertz CT molecular complexity index is 828. The normalized spacial score (nSPS) is 10.8. The zero-order valence-electron chi connectivity index (χ0n) is 10.1. The molecule has 0 spiro atoms. The average molecular weight is 289 g/mol. The Hall–Kier alpha value is -2.60. The number of aromatic amines is 1. The molecule has 0 unspecified atom stereocenters. The van der Waals surface area contributed by atoms with Crippen LogP contribution in [0.5, 0.6) is 0 Å². The van der Waals surface area contributed by atoms with Gasteiger partial charge in [-0.2, -0.15) is 5.10 Å². The highest BCUT2D eigenvalue weighted by Crippen LogP contribution is 2.34. The molecule has 0 atom stereocenters. The first kappa shape index (κ1) is 12.4. The number of aromatic nitrogens is 2. The number of hydrogen-bond donors (Lipinski definition) is 2. The summed E-state index contributed by atoms with van der Waals surface area (Å²) in [7, 11) is 0. The number of nitro benzene ring substituents is 1. The molecule has 3 aromatic rings. The molecule has 6 nitrogen and oxygen atoms in total. The molecule has 3 N–H and O–H groups in total. The van der Waals surface area contributed by atoms with Crippen molar-refractivity contribution in [3.8, 4) is 11.3 Å². The number of benzene rings is 2. The summed E-state index contributed by atoms with van der Waals surface area (Å²) in [6.45, 7) is 0. The molecule has 0 saturated heterocycles. The number of halogens is 1. The smallest absolute Gasteiger partial charge is 0.288 e. The van der Waals surface area contributed by atoms with E-state index in [0.717, 1.165) is 10.9 Å². The summed E-state index contributed by atoms with van der Waals surface area (Å²) in [4.78, 5) is 10.4. The van der Waals surface area contributed by atoms with E-state index in [0.29, 0.717) is 16.9 Å². The second-order valence-electron chi connectivity index (χ2n) is 4.27. The van der Waals surface area contributed by atoms with Crippen molar-refractivity contribution in [2.75, 3.05) is 5.73 Å². The third kappa shape index (κ3) is 1.86. The number of H-pyrrole nitrogens is 1. The highest BCUT2D eigenvalue weighted by atomic mass is 35.5. The molecule has 0 saturated carbocycles. The Labute approximate surface area is 118 Å². The van der Waals surface area contributed by atoms with Gasteiger partial charge < -0.3 is 5.73 Å². The number of fused-ring (bicyclic) bond motifs is 1. The van der Waals surface area contributed by atoms with E-state index < -0.39 is 4.92 Å². The van der Waals surface area contributed by atoms with Crippen molar-refractivity contribution in [1.29, 1.82) is 0 Å². The molecule has 0 aliphatic rings. The van der Waals surface area contributed by atoms with E-state index in [-0.39, 0.29) is 10.7 Å². The van der Waals surface area contributed by atoms with Gasteiger partial charge in [0.15, 0.2) is 0 Å². The van der Waals surface area contributed by atoms with Crippen LogP contribution in [0.4, 0.5) is 11.4 Å². The first-order valence-electron chi connectivity index (χ1n) is 5.75. The minimum Gasteiger partial charge on any atom is -0.398 e. The molecule has 0 amide bonds. The van der Waals surface area contributed by atoms with Gasteiger partial charge >= 0.3 is 0 Å². The number of rotatable bonds is 2. The van der Waals surface area contributed by atoms with Gasteiger partial charge in [0.1, 0.15) is 10.7 Å². The van der Waals surface area contributed by atoms with Crippen molar-refractivity contribution in [2.45, 2.75) is 0 Å². The van der Waals surface area contributed by atoms with Gasteiger partial charge in [-0.3, -0.25) is 15.2 Å². The van der Waals surface area contributed by atoms with Crippen LogP contribution < -0.4 is 5.73 Å². The Balaban J connectivity index is 2.26. The molecule has 7 heteroatoms. The number of nitrogen functional groups attached to an aromatic ring is 1. The van der Waals surface area contributed by atoms with Crippen LogP contribution in [-0.4, -0.2) is 15.1 Å². The molecule has 20 heavy (non-hydrogen) atoms.